The third-order valence-electron chi connectivity index (χ3n) is 4.61. The van der Waals surface area contributed by atoms with E-state index in [4.69, 9.17) is 20.5 Å². The summed E-state index contributed by atoms with van der Waals surface area (Å²) in [6.45, 7) is 1.33. The first kappa shape index (κ1) is 26.3. The fourth-order valence-corrected chi connectivity index (χ4v) is 4.13. The second-order valence-corrected chi connectivity index (χ2v) is 9.27. The van der Waals surface area contributed by atoms with Crippen LogP contribution >= 0.6 is 11.6 Å². The van der Waals surface area contributed by atoms with Gasteiger partial charge in [0, 0.05) is 23.3 Å². The SMILES string of the molecule is COc1ccc(/C=C(\C#N)C(=O)Nc2cccc(Cl)c2)cc1OS(=O)(=O)c1ccc(NC(C)=O)cc1. The fraction of sp³-hybridized carbons (Fsp3) is 0.0800. The van der Waals surface area contributed by atoms with E-state index in [-0.39, 0.29) is 27.9 Å². The average Bonchev–Trinajstić information content (AvgIpc) is 2.82. The van der Waals surface area contributed by atoms with Crippen LogP contribution in [-0.2, 0) is 19.7 Å². The quantitative estimate of drug-likeness (QED) is 0.249. The molecule has 3 aromatic rings. The van der Waals surface area contributed by atoms with Crippen molar-refractivity contribution in [3.63, 3.8) is 0 Å². The Morgan fingerprint density at radius 2 is 1.69 bits per heavy atom. The molecule has 2 N–H and O–H groups in total. The lowest BCUT2D eigenvalue weighted by atomic mass is 10.1. The van der Waals surface area contributed by atoms with Gasteiger partial charge in [0.15, 0.2) is 11.5 Å². The van der Waals surface area contributed by atoms with Crippen molar-refractivity contribution < 1.29 is 26.9 Å². The second-order valence-electron chi connectivity index (χ2n) is 7.29. The van der Waals surface area contributed by atoms with Crippen molar-refractivity contribution in [3.05, 3.63) is 82.9 Å². The number of benzene rings is 3. The number of amides is 2. The van der Waals surface area contributed by atoms with Crippen molar-refractivity contribution in [1.29, 1.82) is 5.26 Å². The highest BCUT2D eigenvalue weighted by Crippen LogP contribution is 2.32. The van der Waals surface area contributed by atoms with Crippen molar-refractivity contribution in [3.8, 4) is 17.6 Å². The Morgan fingerprint density at radius 3 is 2.31 bits per heavy atom. The van der Waals surface area contributed by atoms with Crippen LogP contribution in [0.15, 0.2) is 77.2 Å². The molecule has 0 saturated carbocycles. The molecule has 2 amide bonds. The van der Waals surface area contributed by atoms with Gasteiger partial charge in [0.2, 0.25) is 5.91 Å². The Bertz CT molecular complexity index is 1480. The molecule has 36 heavy (non-hydrogen) atoms. The standard InChI is InChI=1S/C25H20ClN3O6S/c1-16(30)28-20-7-9-22(10-8-20)36(32,33)35-24-13-17(6-11-23(24)34-2)12-18(15-27)25(31)29-21-5-3-4-19(26)14-21/h3-14H,1-2H3,(H,28,30)(H,29,31)/b18-12+. The molecule has 0 aliphatic rings. The number of hydrogen-bond donors (Lipinski definition) is 2. The minimum atomic E-state index is -4.27. The van der Waals surface area contributed by atoms with Gasteiger partial charge >= 0.3 is 10.1 Å². The van der Waals surface area contributed by atoms with Gasteiger partial charge in [-0.3, -0.25) is 9.59 Å². The highest BCUT2D eigenvalue weighted by molar-refractivity contribution is 7.87. The summed E-state index contributed by atoms with van der Waals surface area (Å²) in [7, 11) is -2.93. The highest BCUT2D eigenvalue weighted by Gasteiger charge is 2.20. The van der Waals surface area contributed by atoms with E-state index in [0.29, 0.717) is 22.0 Å². The molecule has 9 nitrogen and oxygen atoms in total. The second kappa shape index (κ2) is 11.4. The lowest BCUT2D eigenvalue weighted by Crippen LogP contribution is -2.13. The molecule has 0 bridgehead atoms. The smallest absolute Gasteiger partial charge is 0.339 e. The number of rotatable bonds is 8. The first-order chi connectivity index (χ1) is 17.1. The van der Waals surface area contributed by atoms with E-state index in [2.05, 4.69) is 10.6 Å². The van der Waals surface area contributed by atoms with Gasteiger partial charge in [-0.2, -0.15) is 13.7 Å². The van der Waals surface area contributed by atoms with Gasteiger partial charge in [0.05, 0.1) is 7.11 Å². The largest absolute Gasteiger partial charge is 0.493 e. The number of halogens is 1. The number of hydrogen-bond acceptors (Lipinski definition) is 7. The molecular weight excluding hydrogens is 506 g/mol. The van der Waals surface area contributed by atoms with Gasteiger partial charge in [-0.1, -0.05) is 23.7 Å². The topological polar surface area (TPSA) is 135 Å². The molecule has 11 heteroatoms. The predicted molar refractivity (Wildman–Crippen MR) is 135 cm³/mol. The minimum Gasteiger partial charge on any atom is -0.493 e. The van der Waals surface area contributed by atoms with Crippen molar-refractivity contribution in [2.45, 2.75) is 11.8 Å². The van der Waals surface area contributed by atoms with Gasteiger partial charge in [-0.25, -0.2) is 0 Å². The normalized spacial score (nSPS) is 11.2. The maximum absolute atomic E-state index is 12.8. The van der Waals surface area contributed by atoms with Crippen molar-refractivity contribution in [2.24, 2.45) is 0 Å². The molecule has 0 radical (unpaired) electrons. The van der Waals surface area contributed by atoms with E-state index in [1.807, 2.05) is 6.07 Å². The molecule has 0 aliphatic carbocycles. The Labute approximate surface area is 213 Å². The number of carbonyl (C=O) groups is 2. The monoisotopic (exact) mass is 525 g/mol. The van der Waals surface area contributed by atoms with E-state index >= 15 is 0 Å². The summed E-state index contributed by atoms with van der Waals surface area (Å²) in [6, 6.07) is 18.0. The van der Waals surface area contributed by atoms with Crippen molar-refractivity contribution >= 4 is 51.0 Å². The van der Waals surface area contributed by atoms with Gasteiger partial charge in [-0.05, 0) is 66.2 Å². The summed E-state index contributed by atoms with van der Waals surface area (Å²) < 4.78 is 36.1. The highest BCUT2D eigenvalue weighted by atomic mass is 35.5. The Hall–Kier alpha value is -4.33. The number of nitrogens with zero attached hydrogens (tertiary/aromatic N) is 1. The first-order valence-electron chi connectivity index (χ1n) is 10.3. The number of nitriles is 1. The van der Waals surface area contributed by atoms with Crippen LogP contribution in [0.5, 0.6) is 11.5 Å². The zero-order valence-electron chi connectivity index (χ0n) is 19.1. The molecule has 0 aliphatic heterocycles. The van der Waals surface area contributed by atoms with Crippen LogP contribution < -0.4 is 19.6 Å². The summed E-state index contributed by atoms with van der Waals surface area (Å²) in [4.78, 5) is 23.6. The number of nitrogens with one attached hydrogen (secondary N) is 2. The Morgan fingerprint density at radius 1 is 0.972 bits per heavy atom. The summed E-state index contributed by atoms with van der Waals surface area (Å²) in [5.41, 5.74) is 0.913. The molecule has 0 fully saturated rings. The van der Waals surface area contributed by atoms with Crippen LogP contribution in [-0.4, -0.2) is 27.3 Å². The number of anilines is 2. The third kappa shape index (κ3) is 6.85. The molecule has 3 rings (SSSR count). The van der Waals surface area contributed by atoms with E-state index < -0.39 is 16.0 Å². The van der Waals surface area contributed by atoms with Gasteiger partial charge in [0.25, 0.3) is 5.91 Å². The molecule has 3 aromatic carbocycles. The van der Waals surface area contributed by atoms with Crippen LogP contribution in [0.25, 0.3) is 6.08 Å². The molecule has 0 heterocycles. The van der Waals surface area contributed by atoms with Crippen molar-refractivity contribution in [1.82, 2.24) is 0 Å². The van der Waals surface area contributed by atoms with Gasteiger partial charge in [0.1, 0.15) is 16.5 Å². The van der Waals surface area contributed by atoms with E-state index in [1.165, 1.54) is 68.6 Å². The molecule has 0 spiro atoms. The number of ether oxygens (including phenoxy) is 1. The molecule has 0 unspecified atom stereocenters. The zero-order chi connectivity index (χ0) is 26.3. The van der Waals surface area contributed by atoms with Crippen LogP contribution in [0.3, 0.4) is 0 Å². The lowest BCUT2D eigenvalue weighted by molar-refractivity contribution is -0.114. The average molecular weight is 526 g/mol. The maximum atomic E-state index is 12.8. The fourth-order valence-electron chi connectivity index (χ4n) is 3.00. The molecule has 184 valence electrons. The Balaban J connectivity index is 1.87. The summed E-state index contributed by atoms with van der Waals surface area (Å²) >= 11 is 5.92. The number of carbonyl (C=O) groups excluding carboxylic acids is 2. The third-order valence-corrected chi connectivity index (χ3v) is 6.09. The molecule has 0 saturated heterocycles. The lowest BCUT2D eigenvalue weighted by Gasteiger charge is -2.12. The van der Waals surface area contributed by atoms with Gasteiger partial charge in [-0.15, -0.1) is 0 Å². The molecule has 0 aromatic heterocycles. The van der Waals surface area contributed by atoms with Crippen LogP contribution in [0.2, 0.25) is 5.02 Å². The summed E-state index contributed by atoms with van der Waals surface area (Å²) in [6.07, 6.45) is 1.28. The van der Waals surface area contributed by atoms with Gasteiger partial charge < -0.3 is 19.6 Å². The van der Waals surface area contributed by atoms with Crippen LogP contribution in [0.1, 0.15) is 12.5 Å². The first-order valence-corrected chi connectivity index (χ1v) is 12.1. The van der Waals surface area contributed by atoms with E-state index in [9.17, 15) is 23.3 Å². The Kier molecular flexibility index (Phi) is 8.32. The summed E-state index contributed by atoms with van der Waals surface area (Å²) in [5.74, 6) is -1.00. The van der Waals surface area contributed by atoms with E-state index in [1.54, 1.807) is 18.2 Å². The maximum Gasteiger partial charge on any atom is 0.339 e. The molecule has 0 atom stereocenters. The van der Waals surface area contributed by atoms with Crippen LogP contribution in [0.4, 0.5) is 11.4 Å². The van der Waals surface area contributed by atoms with Crippen LogP contribution in [0, 0.1) is 11.3 Å². The molecular formula is C25H20ClN3O6S. The number of methoxy groups -OCH3 is 1. The predicted octanol–water partition coefficient (Wildman–Crippen LogP) is 4.62. The summed E-state index contributed by atoms with van der Waals surface area (Å²) in [5, 5.41) is 15.0. The zero-order valence-corrected chi connectivity index (χ0v) is 20.7. The van der Waals surface area contributed by atoms with E-state index in [0.717, 1.165) is 0 Å². The minimum absolute atomic E-state index is 0.118. The van der Waals surface area contributed by atoms with Crippen molar-refractivity contribution in [2.75, 3.05) is 17.7 Å².